The largest absolute Gasteiger partial charge is 0.207 e. The Labute approximate surface area is 85.5 Å². The van der Waals surface area contributed by atoms with Crippen molar-refractivity contribution in [1.82, 2.24) is 0 Å². The molecule has 0 fully saturated rings. The molecule has 0 aliphatic carbocycles. The van der Waals surface area contributed by atoms with Crippen LogP contribution >= 0.6 is 0 Å². The molecule has 0 N–H and O–H groups in total. The van der Waals surface area contributed by atoms with Crippen molar-refractivity contribution in [2.24, 2.45) is 0 Å². The lowest BCUT2D eigenvalue weighted by Crippen LogP contribution is -1.93. The number of allylic oxidation sites excluding steroid dienone is 1. The molecule has 0 bridgehead atoms. The third kappa shape index (κ3) is 2.44. The van der Waals surface area contributed by atoms with Crippen LogP contribution in [-0.4, -0.2) is 0 Å². The molecule has 0 saturated heterocycles. The summed E-state index contributed by atoms with van der Waals surface area (Å²) >= 11 is 0. The fourth-order valence-electron chi connectivity index (χ4n) is 1.56. The molecule has 0 aromatic heterocycles. The van der Waals surface area contributed by atoms with Gasteiger partial charge >= 0.3 is 0 Å². The highest BCUT2D eigenvalue weighted by Crippen LogP contribution is 2.22. The third-order valence-electron chi connectivity index (χ3n) is 2.40. The molecule has 1 rings (SSSR count). The van der Waals surface area contributed by atoms with Crippen molar-refractivity contribution in [2.45, 2.75) is 33.1 Å². The Morgan fingerprint density at radius 2 is 2.07 bits per heavy atom. The number of benzene rings is 1. The molecule has 0 amide bonds. The van der Waals surface area contributed by atoms with Gasteiger partial charge in [0.05, 0.1) is 0 Å². The summed E-state index contributed by atoms with van der Waals surface area (Å²) in [5.74, 6) is -0.172. The van der Waals surface area contributed by atoms with Gasteiger partial charge in [0.25, 0.3) is 0 Å². The van der Waals surface area contributed by atoms with Gasteiger partial charge in [-0.05, 0) is 41.7 Å². The van der Waals surface area contributed by atoms with Crippen molar-refractivity contribution in [1.29, 1.82) is 0 Å². The molecule has 0 nitrogen and oxygen atoms in total. The van der Waals surface area contributed by atoms with E-state index in [0.717, 1.165) is 30.4 Å². The van der Waals surface area contributed by atoms with Gasteiger partial charge in [-0.3, -0.25) is 0 Å². The molecule has 0 saturated carbocycles. The van der Waals surface area contributed by atoms with Crippen molar-refractivity contribution >= 4 is 5.57 Å². The monoisotopic (exact) mass is 192 g/mol. The smallest absolute Gasteiger partial charge is 0.123 e. The van der Waals surface area contributed by atoms with E-state index in [1.807, 2.05) is 13.0 Å². The first-order valence-electron chi connectivity index (χ1n) is 5.15. The van der Waals surface area contributed by atoms with Crippen LogP contribution in [0.2, 0.25) is 0 Å². The highest BCUT2D eigenvalue weighted by atomic mass is 19.1. The molecule has 1 aromatic rings. The van der Waals surface area contributed by atoms with Crippen LogP contribution in [-0.2, 0) is 6.42 Å². The zero-order valence-corrected chi connectivity index (χ0v) is 8.94. The summed E-state index contributed by atoms with van der Waals surface area (Å²) in [6.07, 6.45) is 2.95. The van der Waals surface area contributed by atoms with Gasteiger partial charge < -0.3 is 0 Å². The second-order valence-electron chi connectivity index (χ2n) is 3.51. The van der Waals surface area contributed by atoms with E-state index in [4.69, 9.17) is 0 Å². The third-order valence-corrected chi connectivity index (χ3v) is 2.40. The van der Waals surface area contributed by atoms with Gasteiger partial charge in [-0.2, -0.15) is 0 Å². The van der Waals surface area contributed by atoms with E-state index in [1.54, 1.807) is 6.07 Å². The van der Waals surface area contributed by atoms with Crippen molar-refractivity contribution < 1.29 is 4.39 Å². The van der Waals surface area contributed by atoms with Gasteiger partial charge in [0.15, 0.2) is 0 Å². The summed E-state index contributed by atoms with van der Waals surface area (Å²) in [7, 11) is 0. The summed E-state index contributed by atoms with van der Waals surface area (Å²) in [5.41, 5.74) is 3.23. The number of rotatable bonds is 4. The fourth-order valence-corrected chi connectivity index (χ4v) is 1.56. The van der Waals surface area contributed by atoms with Gasteiger partial charge in [0.1, 0.15) is 5.82 Å². The van der Waals surface area contributed by atoms with Crippen LogP contribution in [0.15, 0.2) is 24.8 Å². The summed E-state index contributed by atoms with van der Waals surface area (Å²) in [6.45, 7) is 8.13. The van der Waals surface area contributed by atoms with Crippen LogP contribution in [0, 0.1) is 5.82 Å². The Bertz CT molecular complexity index is 326. The molecule has 0 spiro atoms. The minimum atomic E-state index is -0.172. The molecule has 0 heterocycles. The molecule has 0 unspecified atom stereocenters. The summed E-state index contributed by atoms with van der Waals surface area (Å²) in [5, 5.41) is 0. The molecule has 0 aliphatic heterocycles. The van der Waals surface area contributed by atoms with Gasteiger partial charge in [-0.1, -0.05) is 32.9 Å². The Morgan fingerprint density at radius 3 is 2.64 bits per heavy atom. The minimum Gasteiger partial charge on any atom is -0.207 e. The van der Waals surface area contributed by atoms with Crippen molar-refractivity contribution in [3.8, 4) is 0 Å². The highest BCUT2D eigenvalue weighted by Gasteiger charge is 2.05. The first kappa shape index (κ1) is 11.0. The standard InChI is InChI=1S/C13H17F/c1-4-6-11-7-8-12(14)9-13(11)10(3)5-2/h7-9H,3-6H2,1-2H3. The highest BCUT2D eigenvalue weighted by molar-refractivity contribution is 5.66. The maximum atomic E-state index is 13.0. The average molecular weight is 192 g/mol. The van der Waals surface area contributed by atoms with Crippen LogP contribution in [0.5, 0.6) is 0 Å². The van der Waals surface area contributed by atoms with Gasteiger partial charge in [0, 0.05) is 0 Å². The summed E-state index contributed by atoms with van der Waals surface area (Å²) in [6, 6.07) is 4.99. The van der Waals surface area contributed by atoms with E-state index < -0.39 is 0 Å². The average Bonchev–Trinajstić information content (AvgIpc) is 2.20. The SMILES string of the molecule is C=C(CC)c1cc(F)ccc1CCC. The molecule has 0 aliphatic rings. The number of hydrogen-bond acceptors (Lipinski definition) is 0. The van der Waals surface area contributed by atoms with E-state index in [2.05, 4.69) is 13.5 Å². The zero-order chi connectivity index (χ0) is 10.6. The maximum absolute atomic E-state index is 13.0. The fraction of sp³-hybridized carbons (Fsp3) is 0.385. The number of aryl methyl sites for hydroxylation is 1. The predicted molar refractivity (Wildman–Crippen MR) is 59.7 cm³/mol. The normalized spacial score (nSPS) is 10.2. The molecule has 76 valence electrons. The Morgan fingerprint density at radius 1 is 1.36 bits per heavy atom. The van der Waals surface area contributed by atoms with Crippen molar-refractivity contribution in [2.75, 3.05) is 0 Å². The maximum Gasteiger partial charge on any atom is 0.123 e. The van der Waals surface area contributed by atoms with Gasteiger partial charge in [-0.15, -0.1) is 0 Å². The van der Waals surface area contributed by atoms with E-state index >= 15 is 0 Å². The number of halogens is 1. The Balaban J connectivity index is 3.08. The lowest BCUT2D eigenvalue weighted by atomic mass is 9.96. The Hall–Kier alpha value is -1.11. The summed E-state index contributed by atoms with van der Waals surface area (Å²) in [4.78, 5) is 0. The van der Waals surface area contributed by atoms with Crippen molar-refractivity contribution in [3.63, 3.8) is 0 Å². The first-order chi connectivity index (χ1) is 6.69. The quantitative estimate of drug-likeness (QED) is 0.670. The number of hydrogen-bond donors (Lipinski definition) is 0. The lowest BCUT2D eigenvalue weighted by molar-refractivity contribution is 0.626. The zero-order valence-electron chi connectivity index (χ0n) is 8.94. The molecule has 0 radical (unpaired) electrons. The van der Waals surface area contributed by atoms with Crippen LogP contribution in [0.1, 0.15) is 37.8 Å². The molecular weight excluding hydrogens is 175 g/mol. The first-order valence-corrected chi connectivity index (χ1v) is 5.15. The van der Waals surface area contributed by atoms with E-state index in [9.17, 15) is 4.39 Å². The van der Waals surface area contributed by atoms with E-state index in [-0.39, 0.29) is 5.82 Å². The van der Waals surface area contributed by atoms with Crippen molar-refractivity contribution in [3.05, 3.63) is 41.7 Å². The Kier molecular flexibility index (Phi) is 3.87. The topological polar surface area (TPSA) is 0 Å². The summed E-state index contributed by atoms with van der Waals surface area (Å²) < 4.78 is 13.0. The molecule has 14 heavy (non-hydrogen) atoms. The second kappa shape index (κ2) is 4.94. The van der Waals surface area contributed by atoms with Crippen LogP contribution < -0.4 is 0 Å². The second-order valence-corrected chi connectivity index (χ2v) is 3.51. The van der Waals surface area contributed by atoms with E-state index in [0.29, 0.717) is 0 Å². The molecule has 1 aromatic carbocycles. The van der Waals surface area contributed by atoms with Crippen LogP contribution in [0.25, 0.3) is 5.57 Å². The molecule has 0 atom stereocenters. The molecular formula is C13H17F. The minimum absolute atomic E-state index is 0.172. The van der Waals surface area contributed by atoms with Crippen LogP contribution in [0.3, 0.4) is 0 Å². The van der Waals surface area contributed by atoms with Crippen LogP contribution in [0.4, 0.5) is 4.39 Å². The van der Waals surface area contributed by atoms with Gasteiger partial charge in [-0.25, -0.2) is 4.39 Å². The van der Waals surface area contributed by atoms with E-state index in [1.165, 1.54) is 11.6 Å². The lowest BCUT2D eigenvalue weighted by Gasteiger charge is -2.10. The van der Waals surface area contributed by atoms with Gasteiger partial charge in [0.2, 0.25) is 0 Å². The predicted octanol–water partition coefficient (Wildman–Crippen LogP) is 4.20. The molecule has 1 heteroatoms.